The number of hydrogen-bond acceptors (Lipinski definition) is 2. The molecular formula is C13H15F2NO. The molecule has 0 amide bonds. The molecule has 3 rings (SSSR count). The maximum absolute atomic E-state index is 13.3. The van der Waals surface area contributed by atoms with E-state index in [9.17, 15) is 8.78 Å². The molecule has 1 aliphatic heterocycles. The molecule has 1 saturated heterocycles. The van der Waals surface area contributed by atoms with E-state index in [1.54, 1.807) is 0 Å². The Morgan fingerprint density at radius 3 is 2.59 bits per heavy atom. The topological polar surface area (TPSA) is 12.5 Å². The van der Waals surface area contributed by atoms with Crippen LogP contribution < -0.4 is 4.74 Å². The van der Waals surface area contributed by atoms with Crippen LogP contribution in [0.3, 0.4) is 0 Å². The molecule has 1 aliphatic carbocycles. The zero-order valence-electron chi connectivity index (χ0n) is 9.75. The number of halogens is 2. The lowest BCUT2D eigenvalue weighted by Gasteiger charge is -2.57. The molecule has 1 heterocycles. The number of nitrogens with zero attached hydrogens (tertiary/aromatic N) is 1. The first kappa shape index (κ1) is 11.0. The summed E-state index contributed by atoms with van der Waals surface area (Å²) in [6, 6.07) is 3.45. The summed E-state index contributed by atoms with van der Waals surface area (Å²) < 4.78 is 31.6. The molecule has 4 heteroatoms. The van der Waals surface area contributed by atoms with Crippen LogP contribution in [-0.4, -0.2) is 31.1 Å². The summed E-state index contributed by atoms with van der Waals surface area (Å²) in [7, 11) is 2.10. The van der Waals surface area contributed by atoms with E-state index in [2.05, 4.69) is 11.9 Å². The molecule has 0 N–H and O–H groups in total. The smallest absolute Gasteiger partial charge is 0.167 e. The fourth-order valence-corrected chi connectivity index (χ4v) is 3.10. The quantitative estimate of drug-likeness (QED) is 0.786. The van der Waals surface area contributed by atoms with Crippen LogP contribution in [0, 0.1) is 17.0 Å². The molecule has 1 aromatic carbocycles. The van der Waals surface area contributed by atoms with Crippen molar-refractivity contribution >= 4 is 0 Å². The predicted molar refractivity (Wildman–Crippen MR) is 59.9 cm³/mol. The molecule has 2 nitrogen and oxygen atoms in total. The van der Waals surface area contributed by atoms with E-state index in [0.717, 1.165) is 32.0 Å². The van der Waals surface area contributed by atoms with Crippen molar-refractivity contribution in [2.24, 2.45) is 5.41 Å². The second-order valence-electron chi connectivity index (χ2n) is 5.40. The first-order valence-corrected chi connectivity index (χ1v) is 5.87. The monoisotopic (exact) mass is 239 g/mol. The summed E-state index contributed by atoms with van der Waals surface area (Å²) in [5.41, 5.74) is 0.413. The molecule has 1 aromatic rings. The van der Waals surface area contributed by atoms with E-state index < -0.39 is 11.6 Å². The highest BCUT2D eigenvalue weighted by Crippen LogP contribution is 2.49. The van der Waals surface area contributed by atoms with Gasteiger partial charge in [-0.25, -0.2) is 8.78 Å². The maximum Gasteiger partial charge on any atom is 0.167 e. The minimum Gasteiger partial charge on any atom is -0.487 e. The van der Waals surface area contributed by atoms with Gasteiger partial charge in [-0.05, 0) is 32.0 Å². The molecule has 0 unspecified atom stereocenters. The SMILES string of the molecule is CN1CC2(CC(Oc3ccc(F)cc3F)C2)C1. The third kappa shape index (κ3) is 1.90. The highest BCUT2D eigenvalue weighted by molar-refractivity contribution is 5.25. The lowest BCUT2D eigenvalue weighted by molar-refractivity contribution is -0.110. The summed E-state index contributed by atoms with van der Waals surface area (Å²) >= 11 is 0. The molecule has 0 aromatic heterocycles. The van der Waals surface area contributed by atoms with E-state index in [0.29, 0.717) is 5.41 Å². The Morgan fingerprint density at radius 1 is 1.29 bits per heavy atom. The zero-order chi connectivity index (χ0) is 12.0. The van der Waals surface area contributed by atoms with E-state index in [1.807, 2.05) is 0 Å². The van der Waals surface area contributed by atoms with Gasteiger partial charge < -0.3 is 9.64 Å². The van der Waals surface area contributed by atoms with Crippen molar-refractivity contribution < 1.29 is 13.5 Å². The standard InChI is InChI=1S/C13H15F2NO/c1-16-7-13(8-16)5-10(6-13)17-12-3-2-9(14)4-11(12)15/h2-4,10H,5-8H2,1H3. The van der Waals surface area contributed by atoms with E-state index in [-0.39, 0.29) is 11.9 Å². The molecule has 0 atom stereocenters. The maximum atomic E-state index is 13.3. The molecule has 92 valence electrons. The average Bonchev–Trinajstić information content (AvgIpc) is 2.16. The van der Waals surface area contributed by atoms with Gasteiger partial charge in [-0.3, -0.25) is 0 Å². The fourth-order valence-electron chi connectivity index (χ4n) is 3.10. The van der Waals surface area contributed by atoms with Crippen LogP contribution in [0.1, 0.15) is 12.8 Å². The summed E-state index contributed by atoms with van der Waals surface area (Å²) in [5, 5.41) is 0. The van der Waals surface area contributed by atoms with Crippen LogP contribution in [0.5, 0.6) is 5.75 Å². The Morgan fingerprint density at radius 2 is 2.00 bits per heavy atom. The Balaban J connectivity index is 1.59. The second-order valence-corrected chi connectivity index (χ2v) is 5.40. The summed E-state index contributed by atoms with van der Waals surface area (Å²) in [6.07, 6.45) is 2.05. The van der Waals surface area contributed by atoms with Gasteiger partial charge in [-0.2, -0.15) is 0 Å². The van der Waals surface area contributed by atoms with Crippen LogP contribution in [-0.2, 0) is 0 Å². The molecule has 2 fully saturated rings. The Hall–Kier alpha value is -1.16. The third-order valence-corrected chi connectivity index (χ3v) is 3.72. The highest BCUT2D eigenvalue weighted by Gasteiger charge is 2.52. The van der Waals surface area contributed by atoms with Gasteiger partial charge in [0.15, 0.2) is 11.6 Å². The summed E-state index contributed by atoms with van der Waals surface area (Å²) in [4.78, 5) is 2.27. The molecule has 1 spiro atoms. The Labute approximate surface area is 99.2 Å². The molecule has 0 bridgehead atoms. The van der Waals surface area contributed by atoms with Crippen LogP contribution in [0.15, 0.2) is 18.2 Å². The summed E-state index contributed by atoms with van der Waals surface area (Å²) in [5.74, 6) is -1.02. The molecule has 0 radical (unpaired) electrons. The lowest BCUT2D eigenvalue weighted by atomic mass is 9.62. The van der Waals surface area contributed by atoms with Crippen LogP contribution in [0.2, 0.25) is 0 Å². The number of rotatable bonds is 2. The molecule has 1 saturated carbocycles. The van der Waals surface area contributed by atoms with Gasteiger partial charge >= 0.3 is 0 Å². The van der Waals surface area contributed by atoms with Gasteiger partial charge in [-0.1, -0.05) is 0 Å². The minimum atomic E-state index is -0.614. The number of hydrogen-bond donors (Lipinski definition) is 0. The number of likely N-dealkylation sites (tertiary alicyclic amines) is 1. The van der Waals surface area contributed by atoms with E-state index in [1.165, 1.54) is 12.1 Å². The largest absolute Gasteiger partial charge is 0.487 e. The van der Waals surface area contributed by atoms with Crippen molar-refractivity contribution in [3.63, 3.8) is 0 Å². The molecular weight excluding hydrogens is 224 g/mol. The second kappa shape index (κ2) is 3.67. The number of benzene rings is 1. The Kier molecular flexibility index (Phi) is 2.36. The van der Waals surface area contributed by atoms with Crippen molar-refractivity contribution in [1.82, 2.24) is 4.90 Å². The van der Waals surface area contributed by atoms with Gasteiger partial charge in [0.05, 0.1) is 0 Å². The highest BCUT2D eigenvalue weighted by atomic mass is 19.1. The van der Waals surface area contributed by atoms with E-state index >= 15 is 0 Å². The van der Waals surface area contributed by atoms with Gasteiger partial charge in [-0.15, -0.1) is 0 Å². The van der Waals surface area contributed by atoms with Crippen LogP contribution >= 0.6 is 0 Å². The average molecular weight is 239 g/mol. The van der Waals surface area contributed by atoms with Crippen LogP contribution in [0.25, 0.3) is 0 Å². The van der Waals surface area contributed by atoms with Crippen molar-refractivity contribution in [3.8, 4) is 5.75 Å². The van der Waals surface area contributed by atoms with Gasteiger partial charge in [0.1, 0.15) is 11.9 Å². The lowest BCUT2D eigenvalue weighted by Crippen LogP contribution is -2.63. The molecule has 2 aliphatic rings. The van der Waals surface area contributed by atoms with Gasteiger partial charge in [0.2, 0.25) is 0 Å². The Bertz CT molecular complexity index is 435. The van der Waals surface area contributed by atoms with Crippen molar-refractivity contribution in [3.05, 3.63) is 29.8 Å². The third-order valence-electron chi connectivity index (χ3n) is 3.72. The van der Waals surface area contributed by atoms with Gasteiger partial charge in [0, 0.05) is 24.6 Å². The molecule has 17 heavy (non-hydrogen) atoms. The van der Waals surface area contributed by atoms with Crippen LogP contribution in [0.4, 0.5) is 8.78 Å². The van der Waals surface area contributed by atoms with E-state index in [4.69, 9.17) is 4.74 Å². The van der Waals surface area contributed by atoms with Crippen molar-refractivity contribution in [2.75, 3.05) is 20.1 Å². The van der Waals surface area contributed by atoms with Crippen molar-refractivity contribution in [2.45, 2.75) is 18.9 Å². The normalized spacial score (nSPS) is 23.2. The first-order chi connectivity index (χ1) is 8.06. The minimum absolute atomic E-state index is 0.0867. The fraction of sp³-hybridized carbons (Fsp3) is 0.538. The predicted octanol–water partition coefficient (Wildman–Crippen LogP) is 2.44. The zero-order valence-corrected chi connectivity index (χ0v) is 9.75. The summed E-state index contributed by atoms with van der Waals surface area (Å²) in [6.45, 7) is 2.22. The first-order valence-electron chi connectivity index (χ1n) is 5.87. The van der Waals surface area contributed by atoms with Crippen molar-refractivity contribution in [1.29, 1.82) is 0 Å². The number of ether oxygens (including phenoxy) is 1. The van der Waals surface area contributed by atoms with Gasteiger partial charge in [0.25, 0.3) is 0 Å².